The summed E-state index contributed by atoms with van der Waals surface area (Å²) in [5.74, 6) is 0. The second-order valence-electron chi connectivity index (χ2n) is 7.77. The molecule has 0 radical (unpaired) electrons. The third-order valence-corrected chi connectivity index (χ3v) is 18.1. The number of hydrogen-bond donors (Lipinski definition) is 0. The fourth-order valence-electron chi connectivity index (χ4n) is 5.18. The summed E-state index contributed by atoms with van der Waals surface area (Å²) >= 11 is 2.92. The second-order valence-corrected chi connectivity index (χ2v) is 17.3. The van der Waals surface area contributed by atoms with E-state index in [0.29, 0.717) is 0 Å². The van der Waals surface area contributed by atoms with E-state index in [1.54, 1.807) is 0 Å². The van der Waals surface area contributed by atoms with Crippen LogP contribution >= 0.6 is 26.4 Å². The van der Waals surface area contributed by atoms with Gasteiger partial charge in [0.1, 0.15) is 0 Å². The summed E-state index contributed by atoms with van der Waals surface area (Å²) in [5.41, 5.74) is 0. The molecule has 2 aliphatic rings. The molecule has 0 amide bonds. The van der Waals surface area contributed by atoms with Crippen molar-refractivity contribution in [2.24, 2.45) is 0 Å². The topological polar surface area (TPSA) is 3.01 Å². The van der Waals surface area contributed by atoms with E-state index in [2.05, 4.69) is 118 Å². The van der Waals surface area contributed by atoms with Crippen LogP contribution in [0, 0.1) is 0 Å². The van der Waals surface area contributed by atoms with Gasteiger partial charge in [0.25, 0.3) is 0 Å². The van der Waals surface area contributed by atoms with Crippen molar-refractivity contribution in [2.75, 3.05) is 0 Å². The summed E-state index contributed by atoms with van der Waals surface area (Å²) < 4.78 is 0.210. The quantitative estimate of drug-likeness (QED) is 0.272. The Bertz CT molecular complexity index is 817. The van der Waals surface area contributed by atoms with Gasteiger partial charge >= 0.3 is 176 Å². The van der Waals surface area contributed by atoms with Crippen LogP contribution in [0.4, 0.5) is 0 Å². The molecule has 1 saturated carbocycles. The fourth-order valence-corrected chi connectivity index (χ4v) is 15.4. The second kappa shape index (κ2) is 6.69. The predicted octanol–water partition coefficient (Wildman–Crippen LogP) is 5.41. The molecule has 0 unspecified atom stereocenters. The SMILES string of the molecule is IP(c1ccccc1)(c1ccccc1)(c1ccccc1)N1[C@@H]2CCCC[C@H]21. The molecule has 0 aromatic heterocycles. The first-order valence-corrected chi connectivity index (χ1v) is 14.9. The van der Waals surface area contributed by atoms with Crippen molar-refractivity contribution in [3.8, 4) is 0 Å². The maximum atomic E-state index is 2.94. The van der Waals surface area contributed by atoms with Crippen LogP contribution in [-0.2, 0) is 0 Å². The fraction of sp³-hybridized carbons (Fsp3) is 0.250. The predicted molar refractivity (Wildman–Crippen MR) is 127 cm³/mol. The molecule has 0 bridgehead atoms. The first-order chi connectivity index (χ1) is 13.2. The Morgan fingerprint density at radius 1 is 0.593 bits per heavy atom. The molecule has 1 heterocycles. The van der Waals surface area contributed by atoms with Gasteiger partial charge in [-0.1, -0.05) is 0 Å². The zero-order valence-electron chi connectivity index (χ0n) is 15.4. The van der Waals surface area contributed by atoms with Gasteiger partial charge < -0.3 is 0 Å². The first kappa shape index (κ1) is 17.8. The van der Waals surface area contributed by atoms with Gasteiger partial charge in [-0.15, -0.1) is 0 Å². The Morgan fingerprint density at radius 3 is 1.26 bits per heavy atom. The average Bonchev–Trinajstić information content (AvgIpc) is 3.51. The van der Waals surface area contributed by atoms with Crippen LogP contribution in [0.2, 0.25) is 0 Å². The summed E-state index contributed by atoms with van der Waals surface area (Å²) in [6, 6.07) is 35.4. The summed E-state index contributed by atoms with van der Waals surface area (Å²) in [6.45, 7) is 0. The molecular formula is C24H25INP. The van der Waals surface area contributed by atoms with Crippen molar-refractivity contribution in [3.63, 3.8) is 0 Å². The van der Waals surface area contributed by atoms with Gasteiger partial charge in [-0.3, -0.25) is 0 Å². The Hall–Kier alpha value is -1.22. The zero-order chi connectivity index (χ0) is 18.3. The van der Waals surface area contributed by atoms with E-state index in [-0.39, 0.29) is 0 Å². The maximum absolute atomic E-state index is 2.94. The zero-order valence-corrected chi connectivity index (χ0v) is 18.5. The molecule has 3 aromatic rings. The van der Waals surface area contributed by atoms with Gasteiger partial charge in [0.2, 0.25) is 0 Å². The Kier molecular flexibility index (Phi) is 4.42. The standard InChI is InChI=1S/C24H25INP/c25-27(20-12-4-1-5-13-20,21-14-6-2-7-15-21,22-16-8-3-9-17-22)26-23-18-10-11-19-24(23)26/h1-9,12-17,23-24H,10-11,18-19H2/t23-,24-/m1/s1. The molecule has 2 atom stereocenters. The molecule has 1 aliphatic carbocycles. The molecule has 1 saturated heterocycles. The van der Waals surface area contributed by atoms with Crippen LogP contribution in [0.5, 0.6) is 0 Å². The third-order valence-electron chi connectivity index (χ3n) is 6.40. The average molecular weight is 485 g/mol. The first-order valence-electron chi connectivity index (χ1n) is 9.94. The monoisotopic (exact) mass is 485 g/mol. The van der Waals surface area contributed by atoms with E-state index in [9.17, 15) is 0 Å². The van der Waals surface area contributed by atoms with E-state index < -0.39 is 4.40 Å². The van der Waals surface area contributed by atoms with Gasteiger partial charge in [-0.25, -0.2) is 0 Å². The molecule has 27 heavy (non-hydrogen) atoms. The van der Waals surface area contributed by atoms with Crippen LogP contribution in [0.25, 0.3) is 0 Å². The number of rotatable bonds is 4. The molecular weight excluding hydrogens is 460 g/mol. The molecule has 0 N–H and O–H groups in total. The van der Waals surface area contributed by atoms with Gasteiger partial charge in [0.15, 0.2) is 0 Å². The van der Waals surface area contributed by atoms with E-state index in [0.717, 1.165) is 12.1 Å². The van der Waals surface area contributed by atoms with E-state index in [4.69, 9.17) is 0 Å². The van der Waals surface area contributed by atoms with Crippen molar-refractivity contribution < 1.29 is 0 Å². The number of nitrogens with zero attached hydrogens (tertiary/aromatic N) is 1. The number of hydrogen-bond acceptors (Lipinski definition) is 1. The summed E-state index contributed by atoms with van der Waals surface area (Å²) in [4.78, 5) is 0. The van der Waals surface area contributed by atoms with Crippen LogP contribution in [0.1, 0.15) is 25.7 Å². The molecule has 1 nitrogen and oxygen atoms in total. The minimum absolute atomic E-state index is 0.730. The molecule has 1 aliphatic heterocycles. The summed E-state index contributed by atoms with van der Waals surface area (Å²) in [7, 11) is 0. The molecule has 0 spiro atoms. The number of benzene rings is 3. The van der Waals surface area contributed by atoms with E-state index >= 15 is 0 Å². The van der Waals surface area contributed by atoms with Crippen LogP contribution < -0.4 is 15.9 Å². The van der Waals surface area contributed by atoms with Gasteiger partial charge in [0.05, 0.1) is 0 Å². The Labute approximate surface area is 175 Å². The van der Waals surface area contributed by atoms with Crippen molar-refractivity contribution in [3.05, 3.63) is 91.0 Å². The molecule has 3 heteroatoms. The van der Waals surface area contributed by atoms with Crippen molar-refractivity contribution in [1.82, 2.24) is 4.67 Å². The van der Waals surface area contributed by atoms with E-state index in [1.165, 1.54) is 41.6 Å². The van der Waals surface area contributed by atoms with Gasteiger partial charge in [0, 0.05) is 0 Å². The molecule has 2 fully saturated rings. The molecule has 138 valence electrons. The third kappa shape index (κ3) is 2.50. The van der Waals surface area contributed by atoms with Gasteiger partial charge in [-0.2, -0.15) is 0 Å². The van der Waals surface area contributed by atoms with Crippen LogP contribution in [0.15, 0.2) is 91.0 Å². The molecule has 3 aromatic carbocycles. The minimum atomic E-state index is -2.73. The summed E-state index contributed by atoms with van der Waals surface area (Å²) in [6.07, 6.45) is 5.44. The van der Waals surface area contributed by atoms with E-state index in [1.807, 2.05) is 0 Å². The van der Waals surface area contributed by atoms with Crippen molar-refractivity contribution in [1.29, 1.82) is 0 Å². The van der Waals surface area contributed by atoms with Crippen LogP contribution in [0.3, 0.4) is 0 Å². The summed E-state index contributed by atoms with van der Waals surface area (Å²) in [5, 5.41) is 4.45. The Balaban J connectivity index is 1.86. The molecule has 5 rings (SSSR count). The Morgan fingerprint density at radius 2 is 0.926 bits per heavy atom. The normalized spacial score (nSPS) is 25.8. The number of halogens is 1. The van der Waals surface area contributed by atoms with Crippen molar-refractivity contribution in [2.45, 2.75) is 37.8 Å². The van der Waals surface area contributed by atoms with Gasteiger partial charge in [-0.05, 0) is 0 Å². The van der Waals surface area contributed by atoms with Crippen LogP contribution in [-0.4, -0.2) is 16.8 Å². The number of fused-ring (bicyclic) bond motifs is 1. The van der Waals surface area contributed by atoms with Crippen molar-refractivity contribution >= 4 is 42.4 Å².